The Bertz CT molecular complexity index is 959. The fourth-order valence-electron chi connectivity index (χ4n) is 5.08. The molecule has 1 atom stereocenters. The minimum atomic E-state index is -0.190. The third-order valence-electron chi connectivity index (χ3n) is 6.61. The van der Waals surface area contributed by atoms with Gasteiger partial charge in [-0.2, -0.15) is 10.4 Å². The highest BCUT2D eigenvalue weighted by Crippen LogP contribution is 2.33. The van der Waals surface area contributed by atoms with E-state index in [9.17, 15) is 10.1 Å². The van der Waals surface area contributed by atoms with Crippen molar-refractivity contribution in [2.24, 2.45) is 0 Å². The molecule has 2 aromatic heterocycles. The number of piperidine rings is 1. The predicted octanol–water partition coefficient (Wildman–Crippen LogP) is 3.97. The van der Waals surface area contributed by atoms with Crippen LogP contribution in [0.15, 0.2) is 24.3 Å². The maximum atomic E-state index is 13.1. The highest BCUT2D eigenvalue weighted by molar-refractivity contribution is 6.01. The molecule has 1 aliphatic carbocycles. The van der Waals surface area contributed by atoms with Crippen molar-refractivity contribution in [3.05, 3.63) is 41.2 Å². The van der Waals surface area contributed by atoms with Crippen LogP contribution in [0.1, 0.15) is 74.0 Å². The van der Waals surface area contributed by atoms with E-state index in [1.807, 2.05) is 4.68 Å². The lowest BCUT2D eigenvalue weighted by atomic mass is 9.95. The summed E-state index contributed by atoms with van der Waals surface area (Å²) < 4.78 is 4.22. The summed E-state index contributed by atoms with van der Waals surface area (Å²) in [7, 11) is 0. The number of aryl methyl sites for hydroxylation is 1. The molecule has 1 aliphatic heterocycles. The van der Waals surface area contributed by atoms with Gasteiger partial charge in [-0.05, 0) is 57.2 Å². The normalized spacial score (nSPS) is 20.9. The minimum Gasteiger partial charge on any atom is -0.346 e. The smallest absolute Gasteiger partial charge is 0.264 e. The number of amides is 1. The summed E-state index contributed by atoms with van der Waals surface area (Å²) in [6, 6.07) is 4.92. The standard InChI is InChI=1S/C23H30N6O/c1-17-11-19(18(2)29(17)21-7-4-3-5-8-21)12-20(13-24)23(30)27-10-6-9-22(14-27)28-16-25-15-26-28/h11-12,15-16,21-22H,3-10,14H2,1-2H3/b20-12-. The molecule has 2 fully saturated rings. The number of nitriles is 1. The number of aromatic nitrogens is 4. The first-order valence-corrected chi connectivity index (χ1v) is 11.0. The Labute approximate surface area is 178 Å². The number of nitrogens with zero attached hydrogens (tertiary/aromatic N) is 6. The van der Waals surface area contributed by atoms with Gasteiger partial charge in [-0.3, -0.25) is 4.79 Å². The average Bonchev–Trinajstić information content (AvgIpc) is 3.40. The lowest BCUT2D eigenvalue weighted by Crippen LogP contribution is -2.41. The minimum absolute atomic E-state index is 0.113. The van der Waals surface area contributed by atoms with Crippen molar-refractivity contribution in [1.82, 2.24) is 24.2 Å². The van der Waals surface area contributed by atoms with Crippen LogP contribution in [0.2, 0.25) is 0 Å². The van der Waals surface area contributed by atoms with Crippen molar-refractivity contribution in [1.29, 1.82) is 5.26 Å². The van der Waals surface area contributed by atoms with E-state index in [1.54, 1.807) is 17.3 Å². The molecule has 4 rings (SSSR count). The number of likely N-dealkylation sites (tertiary alicyclic amines) is 1. The van der Waals surface area contributed by atoms with Gasteiger partial charge in [0.15, 0.2) is 0 Å². The predicted molar refractivity (Wildman–Crippen MR) is 114 cm³/mol. The lowest BCUT2D eigenvalue weighted by molar-refractivity contribution is -0.128. The first-order valence-electron chi connectivity index (χ1n) is 11.0. The number of hydrogen-bond acceptors (Lipinski definition) is 4. The monoisotopic (exact) mass is 406 g/mol. The quantitative estimate of drug-likeness (QED) is 0.568. The van der Waals surface area contributed by atoms with E-state index in [2.05, 4.69) is 40.6 Å². The Morgan fingerprint density at radius 3 is 2.63 bits per heavy atom. The van der Waals surface area contributed by atoms with Gasteiger partial charge < -0.3 is 9.47 Å². The topological polar surface area (TPSA) is 79.7 Å². The Kier molecular flexibility index (Phi) is 6.03. The molecule has 7 heteroatoms. The van der Waals surface area contributed by atoms with Crippen molar-refractivity contribution >= 4 is 12.0 Å². The number of carbonyl (C=O) groups is 1. The summed E-state index contributed by atoms with van der Waals surface area (Å²) in [5.41, 5.74) is 3.55. The third-order valence-corrected chi connectivity index (χ3v) is 6.61. The van der Waals surface area contributed by atoms with Crippen molar-refractivity contribution in [3.63, 3.8) is 0 Å². The SMILES string of the molecule is Cc1cc(/C=C(/C#N)C(=O)N2CCCC(n3cncn3)C2)c(C)n1C1CCCCC1. The number of rotatable bonds is 4. The average molecular weight is 407 g/mol. The Balaban J connectivity index is 1.55. The summed E-state index contributed by atoms with van der Waals surface area (Å²) in [4.78, 5) is 18.9. The Morgan fingerprint density at radius 1 is 1.17 bits per heavy atom. The van der Waals surface area contributed by atoms with Gasteiger partial charge in [0, 0.05) is 30.5 Å². The molecule has 0 bridgehead atoms. The van der Waals surface area contributed by atoms with Crippen LogP contribution in [0, 0.1) is 25.2 Å². The fraction of sp³-hybridized carbons (Fsp3) is 0.565. The van der Waals surface area contributed by atoms with Crippen LogP contribution >= 0.6 is 0 Å². The van der Waals surface area contributed by atoms with E-state index in [-0.39, 0.29) is 17.5 Å². The maximum Gasteiger partial charge on any atom is 0.264 e. The second-order valence-corrected chi connectivity index (χ2v) is 8.58. The van der Waals surface area contributed by atoms with Crippen LogP contribution < -0.4 is 0 Å². The lowest BCUT2D eigenvalue weighted by Gasteiger charge is -2.32. The number of hydrogen-bond donors (Lipinski definition) is 0. The molecule has 0 aromatic carbocycles. The van der Waals surface area contributed by atoms with Crippen molar-refractivity contribution in [3.8, 4) is 6.07 Å². The first kappa shape index (κ1) is 20.4. The second-order valence-electron chi connectivity index (χ2n) is 8.58. The fourth-order valence-corrected chi connectivity index (χ4v) is 5.08. The molecular weight excluding hydrogens is 376 g/mol. The molecule has 1 saturated carbocycles. The Hall–Kier alpha value is -2.88. The van der Waals surface area contributed by atoms with Crippen LogP contribution in [-0.2, 0) is 4.79 Å². The van der Waals surface area contributed by atoms with Crippen LogP contribution in [0.4, 0.5) is 0 Å². The van der Waals surface area contributed by atoms with E-state index in [0.29, 0.717) is 19.1 Å². The molecule has 7 nitrogen and oxygen atoms in total. The summed E-state index contributed by atoms with van der Waals surface area (Å²) in [5.74, 6) is -0.190. The summed E-state index contributed by atoms with van der Waals surface area (Å²) in [6.45, 7) is 5.46. The molecule has 0 N–H and O–H groups in total. The van der Waals surface area contributed by atoms with Crippen LogP contribution in [-0.4, -0.2) is 43.2 Å². The zero-order valence-corrected chi connectivity index (χ0v) is 17.9. The molecule has 0 radical (unpaired) electrons. The van der Waals surface area contributed by atoms with Gasteiger partial charge >= 0.3 is 0 Å². The number of carbonyl (C=O) groups excluding carboxylic acids is 1. The third kappa shape index (κ3) is 4.04. The molecule has 0 spiro atoms. The van der Waals surface area contributed by atoms with Gasteiger partial charge in [0.2, 0.25) is 0 Å². The summed E-state index contributed by atoms with van der Waals surface area (Å²) in [5, 5.41) is 14.0. The molecule has 1 saturated heterocycles. The highest BCUT2D eigenvalue weighted by atomic mass is 16.2. The molecule has 1 amide bonds. The molecular formula is C23H30N6O. The Morgan fingerprint density at radius 2 is 1.93 bits per heavy atom. The van der Waals surface area contributed by atoms with Gasteiger partial charge in [0.05, 0.1) is 6.04 Å². The second kappa shape index (κ2) is 8.86. The molecule has 3 heterocycles. The van der Waals surface area contributed by atoms with E-state index >= 15 is 0 Å². The van der Waals surface area contributed by atoms with Crippen molar-refractivity contribution in [2.45, 2.75) is 70.9 Å². The van der Waals surface area contributed by atoms with Gasteiger partial charge in [-0.15, -0.1) is 0 Å². The highest BCUT2D eigenvalue weighted by Gasteiger charge is 2.27. The van der Waals surface area contributed by atoms with Crippen LogP contribution in [0.3, 0.4) is 0 Å². The zero-order chi connectivity index (χ0) is 21.1. The van der Waals surface area contributed by atoms with E-state index in [4.69, 9.17) is 0 Å². The van der Waals surface area contributed by atoms with Gasteiger partial charge in [-0.25, -0.2) is 9.67 Å². The van der Waals surface area contributed by atoms with Crippen molar-refractivity contribution < 1.29 is 4.79 Å². The van der Waals surface area contributed by atoms with E-state index in [0.717, 1.165) is 24.1 Å². The first-order chi connectivity index (χ1) is 14.6. The maximum absolute atomic E-state index is 13.1. The molecule has 2 aliphatic rings. The van der Waals surface area contributed by atoms with Crippen LogP contribution in [0.5, 0.6) is 0 Å². The molecule has 30 heavy (non-hydrogen) atoms. The zero-order valence-electron chi connectivity index (χ0n) is 17.9. The summed E-state index contributed by atoms with van der Waals surface area (Å²) in [6.07, 6.45) is 13.1. The molecule has 1 unspecified atom stereocenters. The largest absolute Gasteiger partial charge is 0.346 e. The van der Waals surface area contributed by atoms with Gasteiger partial charge in [-0.1, -0.05) is 19.3 Å². The van der Waals surface area contributed by atoms with E-state index < -0.39 is 0 Å². The van der Waals surface area contributed by atoms with Crippen LogP contribution in [0.25, 0.3) is 6.08 Å². The molecule has 158 valence electrons. The summed E-state index contributed by atoms with van der Waals surface area (Å²) >= 11 is 0. The van der Waals surface area contributed by atoms with Gasteiger partial charge in [0.1, 0.15) is 24.3 Å². The molecule has 2 aromatic rings. The van der Waals surface area contributed by atoms with Gasteiger partial charge in [0.25, 0.3) is 5.91 Å². The van der Waals surface area contributed by atoms with E-state index in [1.165, 1.54) is 44.1 Å². The van der Waals surface area contributed by atoms with Crippen molar-refractivity contribution in [2.75, 3.05) is 13.1 Å².